The Labute approximate surface area is 115 Å². The van der Waals surface area contributed by atoms with Gasteiger partial charge in [-0.3, -0.25) is 4.79 Å². The molecule has 0 bridgehead atoms. The predicted octanol–water partition coefficient (Wildman–Crippen LogP) is -0.0390. The molecule has 5 N–H and O–H groups in total. The number of ether oxygens (including phenoxy) is 1. The normalized spacial score (nSPS) is 9.30. The number of benzene rings is 1. The average Bonchev–Trinajstić information content (AvgIpc) is 2.41. The number of primary amides is 1. The molecule has 0 saturated heterocycles. The Morgan fingerprint density at radius 2 is 2.15 bits per heavy atom. The number of amides is 2. The second-order valence-corrected chi connectivity index (χ2v) is 3.62. The van der Waals surface area contributed by atoms with Crippen molar-refractivity contribution in [2.45, 2.75) is 0 Å². The van der Waals surface area contributed by atoms with Crippen LogP contribution in [0.2, 0.25) is 0 Å². The average molecular weight is 279 g/mol. The number of carbonyl (C=O) groups is 2. The first kappa shape index (κ1) is 15.5. The third kappa shape index (κ3) is 4.96. The summed E-state index contributed by atoms with van der Waals surface area (Å²) in [5.74, 6) is 4.19. The van der Waals surface area contributed by atoms with Crippen LogP contribution in [0.3, 0.4) is 0 Å². The van der Waals surface area contributed by atoms with E-state index >= 15 is 0 Å². The summed E-state index contributed by atoms with van der Waals surface area (Å²) in [6, 6.07) is 3.67. The summed E-state index contributed by atoms with van der Waals surface area (Å²) in [5.41, 5.74) is 10.5. The van der Waals surface area contributed by atoms with Crippen molar-refractivity contribution in [3.8, 4) is 11.8 Å². The molecule has 20 heavy (non-hydrogen) atoms. The van der Waals surface area contributed by atoms with Crippen LogP contribution in [0.25, 0.3) is 0 Å². The van der Waals surface area contributed by atoms with Gasteiger partial charge in [-0.05, 0) is 18.2 Å². The molecule has 106 valence electrons. The van der Waals surface area contributed by atoms with Gasteiger partial charge < -0.3 is 21.5 Å². The third-order valence-corrected chi connectivity index (χ3v) is 2.18. The van der Waals surface area contributed by atoms with E-state index in [1.54, 1.807) is 0 Å². The highest BCUT2D eigenvalue weighted by Gasteiger charge is 2.11. The van der Waals surface area contributed by atoms with Gasteiger partial charge in [0.1, 0.15) is 12.4 Å². The molecule has 1 rings (SSSR count). The lowest BCUT2D eigenvalue weighted by Gasteiger charge is -2.07. The molecule has 0 radical (unpaired) electrons. The first-order valence-electron chi connectivity index (χ1n) is 5.73. The van der Waals surface area contributed by atoms with Crippen LogP contribution < -0.4 is 16.8 Å². The summed E-state index contributed by atoms with van der Waals surface area (Å²) in [6.45, 7) is 0.118. The zero-order valence-corrected chi connectivity index (χ0v) is 10.6. The van der Waals surface area contributed by atoms with E-state index in [9.17, 15) is 14.0 Å². The number of carbonyl (C=O) groups excluding carboxylic acids is 2. The Morgan fingerprint density at radius 1 is 1.40 bits per heavy atom. The van der Waals surface area contributed by atoms with Crippen molar-refractivity contribution in [2.24, 2.45) is 11.5 Å². The van der Waals surface area contributed by atoms with Crippen LogP contribution in [0.4, 0.5) is 9.18 Å². The fourth-order valence-corrected chi connectivity index (χ4v) is 1.37. The van der Waals surface area contributed by atoms with Crippen LogP contribution in [-0.2, 0) is 4.74 Å². The van der Waals surface area contributed by atoms with Gasteiger partial charge in [0.05, 0.1) is 18.7 Å². The van der Waals surface area contributed by atoms with Crippen molar-refractivity contribution in [1.29, 1.82) is 0 Å². The van der Waals surface area contributed by atoms with Crippen LogP contribution in [0.5, 0.6) is 0 Å². The maximum Gasteiger partial charge on any atom is 0.404 e. The van der Waals surface area contributed by atoms with Gasteiger partial charge in [-0.25, -0.2) is 9.18 Å². The molecule has 0 unspecified atom stereocenters. The highest BCUT2D eigenvalue weighted by atomic mass is 19.1. The molecule has 0 aliphatic rings. The van der Waals surface area contributed by atoms with E-state index < -0.39 is 17.8 Å². The van der Waals surface area contributed by atoms with E-state index in [4.69, 9.17) is 11.5 Å². The molecule has 7 heteroatoms. The number of hydrogen-bond acceptors (Lipinski definition) is 4. The van der Waals surface area contributed by atoms with E-state index in [-0.39, 0.29) is 25.3 Å². The second-order valence-electron chi connectivity index (χ2n) is 3.62. The Balaban J connectivity index is 2.75. The molecule has 6 nitrogen and oxygen atoms in total. The Hall–Kier alpha value is -2.59. The van der Waals surface area contributed by atoms with E-state index in [1.807, 2.05) is 0 Å². The first-order chi connectivity index (χ1) is 9.54. The van der Waals surface area contributed by atoms with Crippen molar-refractivity contribution in [3.63, 3.8) is 0 Å². The van der Waals surface area contributed by atoms with E-state index in [0.29, 0.717) is 5.56 Å². The summed E-state index contributed by atoms with van der Waals surface area (Å²) in [5, 5.41) is 2.46. The van der Waals surface area contributed by atoms with Crippen LogP contribution in [0.1, 0.15) is 15.9 Å². The minimum Gasteiger partial charge on any atom is -0.448 e. The van der Waals surface area contributed by atoms with Gasteiger partial charge in [-0.1, -0.05) is 11.8 Å². The monoisotopic (exact) mass is 279 g/mol. The molecule has 0 fully saturated rings. The smallest absolute Gasteiger partial charge is 0.404 e. The quantitative estimate of drug-likeness (QED) is 0.531. The Kier molecular flexibility index (Phi) is 6.00. The van der Waals surface area contributed by atoms with Crippen molar-refractivity contribution < 1.29 is 18.7 Å². The van der Waals surface area contributed by atoms with Crippen molar-refractivity contribution in [2.75, 3.05) is 19.7 Å². The molecule has 1 aromatic carbocycles. The highest BCUT2D eigenvalue weighted by Crippen LogP contribution is 2.10. The molecule has 0 spiro atoms. The zero-order chi connectivity index (χ0) is 15.0. The van der Waals surface area contributed by atoms with E-state index in [2.05, 4.69) is 21.9 Å². The lowest BCUT2D eigenvalue weighted by Crippen LogP contribution is -2.29. The van der Waals surface area contributed by atoms with Gasteiger partial charge in [0.25, 0.3) is 5.91 Å². The maximum absolute atomic E-state index is 13.2. The summed E-state index contributed by atoms with van der Waals surface area (Å²) in [7, 11) is 0. The van der Waals surface area contributed by atoms with Crippen molar-refractivity contribution >= 4 is 12.0 Å². The third-order valence-electron chi connectivity index (χ3n) is 2.18. The van der Waals surface area contributed by atoms with Crippen molar-refractivity contribution in [1.82, 2.24) is 5.32 Å². The molecular weight excluding hydrogens is 265 g/mol. The molecule has 2 amide bonds. The van der Waals surface area contributed by atoms with Crippen LogP contribution >= 0.6 is 0 Å². The summed E-state index contributed by atoms with van der Waals surface area (Å²) < 4.78 is 17.6. The number of rotatable bonds is 4. The largest absolute Gasteiger partial charge is 0.448 e. The van der Waals surface area contributed by atoms with Gasteiger partial charge >= 0.3 is 6.09 Å². The summed E-state index contributed by atoms with van der Waals surface area (Å²) in [6.07, 6.45) is -0.931. The maximum atomic E-state index is 13.2. The van der Waals surface area contributed by atoms with Gasteiger partial charge in [-0.15, -0.1) is 0 Å². The SMILES string of the molecule is NCC#Cc1ccc(F)cc1C(=O)NCCOC(N)=O. The fourth-order valence-electron chi connectivity index (χ4n) is 1.37. The number of hydrogen-bond donors (Lipinski definition) is 3. The van der Waals surface area contributed by atoms with Crippen LogP contribution in [0, 0.1) is 17.7 Å². The van der Waals surface area contributed by atoms with Crippen molar-refractivity contribution in [3.05, 3.63) is 35.1 Å². The predicted molar refractivity (Wildman–Crippen MR) is 70.2 cm³/mol. The lowest BCUT2D eigenvalue weighted by molar-refractivity contribution is 0.0936. The molecule has 0 saturated carbocycles. The molecule has 1 aromatic rings. The number of nitrogens with one attached hydrogen (secondary N) is 1. The first-order valence-corrected chi connectivity index (χ1v) is 5.73. The molecule has 0 aliphatic carbocycles. The van der Waals surface area contributed by atoms with Gasteiger partial charge in [0.2, 0.25) is 0 Å². The molecule has 0 heterocycles. The van der Waals surface area contributed by atoms with Crippen LogP contribution in [-0.4, -0.2) is 31.7 Å². The minimum absolute atomic E-state index is 0.0576. The van der Waals surface area contributed by atoms with E-state index in [0.717, 1.165) is 6.07 Å². The van der Waals surface area contributed by atoms with Gasteiger partial charge in [0.15, 0.2) is 0 Å². The highest BCUT2D eigenvalue weighted by molar-refractivity contribution is 5.96. The molecule has 0 aromatic heterocycles. The molecule has 0 atom stereocenters. The minimum atomic E-state index is -0.931. The van der Waals surface area contributed by atoms with Crippen LogP contribution in [0.15, 0.2) is 18.2 Å². The number of halogens is 1. The molecule has 0 aliphatic heterocycles. The summed E-state index contributed by atoms with van der Waals surface area (Å²) >= 11 is 0. The number of nitrogens with two attached hydrogens (primary N) is 2. The Morgan fingerprint density at radius 3 is 2.80 bits per heavy atom. The fraction of sp³-hybridized carbons (Fsp3) is 0.231. The van der Waals surface area contributed by atoms with E-state index in [1.165, 1.54) is 12.1 Å². The summed E-state index contributed by atoms with van der Waals surface area (Å²) in [4.78, 5) is 22.2. The topological polar surface area (TPSA) is 107 Å². The molecular formula is C13H14FN3O3. The lowest BCUT2D eigenvalue weighted by atomic mass is 10.1. The standard InChI is InChI=1S/C13H14FN3O3/c14-10-4-3-9(2-1-5-15)11(8-10)12(18)17-6-7-20-13(16)19/h3-4,8H,5-7,15H2,(H2,16,19)(H,17,18). The zero-order valence-electron chi connectivity index (χ0n) is 10.6. The second kappa shape index (κ2) is 7.76. The Bertz CT molecular complexity index is 564. The van der Waals surface area contributed by atoms with Gasteiger partial charge in [0, 0.05) is 5.56 Å². The van der Waals surface area contributed by atoms with Gasteiger partial charge in [-0.2, -0.15) is 0 Å².